The molecule has 1 N–H and O–H groups in total. The third-order valence-electron chi connectivity index (χ3n) is 1.85. The van der Waals surface area contributed by atoms with Crippen LogP contribution < -0.4 is 0 Å². The molecule has 0 radical (unpaired) electrons. The quantitative estimate of drug-likeness (QED) is 0.645. The van der Waals surface area contributed by atoms with Gasteiger partial charge in [0, 0.05) is 11.9 Å². The van der Waals surface area contributed by atoms with Crippen molar-refractivity contribution in [3.8, 4) is 0 Å². The van der Waals surface area contributed by atoms with Gasteiger partial charge in [-0.2, -0.15) is 0 Å². The van der Waals surface area contributed by atoms with Gasteiger partial charge in [-0.25, -0.2) is 4.98 Å². The lowest BCUT2D eigenvalue weighted by Crippen LogP contribution is -1.84. The molecule has 1 rings (SSSR count). The van der Waals surface area contributed by atoms with E-state index in [1.165, 1.54) is 31.4 Å². The maximum atomic E-state index is 3.97. The van der Waals surface area contributed by atoms with Crippen LogP contribution in [-0.2, 0) is 6.42 Å². The van der Waals surface area contributed by atoms with E-state index in [4.69, 9.17) is 0 Å². The molecule has 2 heteroatoms. The molecule has 0 saturated carbocycles. The fourth-order valence-electron chi connectivity index (χ4n) is 1.16. The van der Waals surface area contributed by atoms with E-state index in [1.807, 2.05) is 6.20 Å². The summed E-state index contributed by atoms with van der Waals surface area (Å²) < 4.78 is 0. The van der Waals surface area contributed by atoms with Gasteiger partial charge in [0.2, 0.25) is 0 Å². The molecule has 0 aliphatic rings. The Labute approximate surface area is 68.0 Å². The van der Waals surface area contributed by atoms with Crippen LogP contribution in [0.5, 0.6) is 0 Å². The van der Waals surface area contributed by atoms with Gasteiger partial charge in [-0.1, -0.05) is 26.2 Å². The summed E-state index contributed by atoms with van der Waals surface area (Å²) in [5.41, 5.74) is 1.26. The van der Waals surface area contributed by atoms with Crippen LogP contribution in [0.15, 0.2) is 12.5 Å². The Morgan fingerprint density at radius 3 is 2.91 bits per heavy atom. The number of unbranched alkanes of at least 4 members (excludes halogenated alkanes) is 3. The standard InChI is InChI=1S/C9H16N2/c1-2-3-4-5-6-9-7-10-8-11-9/h7-8H,2-6H2,1H3,(H,10,11). The zero-order valence-corrected chi connectivity index (χ0v) is 7.14. The summed E-state index contributed by atoms with van der Waals surface area (Å²) in [7, 11) is 0. The van der Waals surface area contributed by atoms with Gasteiger partial charge in [0.15, 0.2) is 0 Å². The molecule has 1 heterocycles. The number of hydrogen-bond donors (Lipinski definition) is 1. The molecule has 1 aromatic rings. The molecule has 0 atom stereocenters. The zero-order valence-electron chi connectivity index (χ0n) is 7.14. The smallest absolute Gasteiger partial charge is 0.0921 e. The summed E-state index contributed by atoms with van der Waals surface area (Å²) in [5.74, 6) is 0. The number of nitrogens with zero attached hydrogens (tertiary/aromatic N) is 1. The third kappa shape index (κ3) is 3.21. The fourth-order valence-corrected chi connectivity index (χ4v) is 1.16. The van der Waals surface area contributed by atoms with Gasteiger partial charge < -0.3 is 4.98 Å². The SMILES string of the molecule is CCCCCCc1cnc[nH]1. The second-order valence-electron chi connectivity index (χ2n) is 2.89. The van der Waals surface area contributed by atoms with Crippen LogP contribution >= 0.6 is 0 Å². The topological polar surface area (TPSA) is 28.7 Å². The number of imidazole rings is 1. The molecular weight excluding hydrogens is 136 g/mol. The van der Waals surface area contributed by atoms with Gasteiger partial charge >= 0.3 is 0 Å². The Hall–Kier alpha value is -0.790. The summed E-state index contributed by atoms with van der Waals surface area (Å²) in [6.07, 6.45) is 10.1. The van der Waals surface area contributed by atoms with Crippen LogP contribution in [0.4, 0.5) is 0 Å². The van der Waals surface area contributed by atoms with Crippen LogP contribution in [0.3, 0.4) is 0 Å². The molecular formula is C9H16N2. The van der Waals surface area contributed by atoms with Crippen molar-refractivity contribution in [1.29, 1.82) is 0 Å². The lowest BCUT2D eigenvalue weighted by Gasteiger charge is -1.95. The first kappa shape index (κ1) is 8.31. The molecule has 0 aliphatic carbocycles. The summed E-state index contributed by atoms with van der Waals surface area (Å²) in [6.45, 7) is 2.23. The van der Waals surface area contributed by atoms with Crippen LogP contribution in [0.2, 0.25) is 0 Å². The van der Waals surface area contributed by atoms with E-state index in [-0.39, 0.29) is 0 Å². The molecule has 0 spiro atoms. The Bertz CT molecular complexity index is 168. The van der Waals surface area contributed by atoms with Crippen molar-refractivity contribution in [2.24, 2.45) is 0 Å². The Morgan fingerprint density at radius 2 is 2.27 bits per heavy atom. The van der Waals surface area contributed by atoms with Crippen molar-refractivity contribution in [2.75, 3.05) is 0 Å². The van der Waals surface area contributed by atoms with E-state index in [9.17, 15) is 0 Å². The van der Waals surface area contributed by atoms with Crippen molar-refractivity contribution in [2.45, 2.75) is 39.0 Å². The lowest BCUT2D eigenvalue weighted by atomic mass is 10.1. The van der Waals surface area contributed by atoms with E-state index >= 15 is 0 Å². The highest BCUT2D eigenvalue weighted by atomic mass is 14.9. The summed E-state index contributed by atoms with van der Waals surface area (Å²) in [4.78, 5) is 7.07. The number of hydrogen-bond acceptors (Lipinski definition) is 1. The number of rotatable bonds is 5. The van der Waals surface area contributed by atoms with Gasteiger partial charge in [0.25, 0.3) is 0 Å². The minimum absolute atomic E-state index is 1.15. The molecule has 2 nitrogen and oxygen atoms in total. The predicted octanol–water partition coefficient (Wildman–Crippen LogP) is 2.53. The van der Waals surface area contributed by atoms with Crippen LogP contribution in [0, 0.1) is 0 Å². The number of aromatic nitrogens is 2. The van der Waals surface area contributed by atoms with Crippen molar-refractivity contribution in [3.05, 3.63) is 18.2 Å². The molecule has 1 aromatic heterocycles. The van der Waals surface area contributed by atoms with Gasteiger partial charge in [-0.05, 0) is 12.8 Å². The molecule has 0 fully saturated rings. The van der Waals surface area contributed by atoms with Crippen LogP contribution in [-0.4, -0.2) is 9.97 Å². The third-order valence-corrected chi connectivity index (χ3v) is 1.85. The van der Waals surface area contributed by atoms with Crippen molar-refractivity contribution < 1.29 is 0 Å². The van der Waals surface area contributed by atoms with E-state index in [2.05, 4.69) is 16.9 Å². The molecule has 0 aliphatic heterocycles. The molecule has 62 valence electrons. The van der Waals surface area contributed by atoms with E-state index < -0.39 is 0 Å². The van der Waals surface area contributed by atoms with Crippen molar-refractivity contribution >= 4 is 0 Å². The highest BCUT2D eigenvalue weighted by Crippen LogP contribution is 2.03. The summed E-state index contributed by atoms with van der Waals surface area (Å²) in [6, 6.07) is 0. The maximum absolute atomic E-state index is 3.97. The average Bonchev–Trinajstić information content (AvgIpc) is 2.50. The normalized spacial score (nSPS) is 10.3. The molecule has 11 heavy (non-hydrogen) atoms. The number of aryl methyl sites for hydroxylation is 1. The lowest BCUT2D eigenvalue weighted by molar-refractivity contribution is 0.662. The monoisotopic (exact) mass is 152 g/mol. The van der Waals surface area contributed by atoms with E-state index in [1.54, 1.807) is 6.33 Å². The Kier molecular flexibility index (Phi) is 3.73. The Morgan fingerprint density at radius 1 is 1.36 bits per heavy atom. The van der Waals surface area contributed by atoms with Gasteiger partial charge in [-0.3, -0.25) is 0 Å². The van der Waals surface area contributed by atoms with Gasteiger partial charge in [0.05, 0.1) is 6.33 Å². The minimum atomic E-state index is 1.15. The Balaban J connectivity index is 2.04. The first-order valence-corrected chi connectivity index (χ1v) is 4.40. The summed E-state index contributed by atoms with van der Waals surface area (Å²) in [5, 5.41) is 0. The van der Waals surface area contributed by atoms with Crippen LogP contribution in [0.1, 0.15) is 38.3 Å². The first-order chi connectivity index (χ1) is 5.43. The molecule has 0 amide bonds. The van der Waals surface area contributed by atoms with Crippen molar-refractivity contribution in [3.63, 3.8) is 0 Å². The number of nitrogens with one attached hydrogen (secondary N) is 1. The van der Waals surface area contributed by atoms with Crippen LogP contribution in [0.25, 0.3) is 0 Å². The molecule has 0 saturated heterocycles. The van der Waals surface area contributed by atoms with Crippen molar-refractivity contribution in [1.82, 2.24) is 9.97 Å². The second-order valence-corrected chi connectivity index (χ2v) is 2.89. The highest BCUT2D eigenvalue weighted by molar-refractivity contribution is 4.93. The summed E-state index contributed by atoms with van der Waals surface area (Å²) >= 11 is 0. The molecule has 0 aromatic carbocycles. The minimum Gasteiger partial charge on any atom is -0.348 e. The average molecular weight is 152 g/mol. The van der Waals surface area contributed by atoms with E-state index in [0.717, 1.165) is 6.42 Å². The first-order valence-electron chi connectivity index (χ1n) is 4.40. The largest absolute Gasteiger partial charge is 0.348 e. The maximum Gasteiger partial charge on any atom is 0.0921 e. The number of H-pyrrole nitrogens is 1. The zero-order chi connectivity index (χ0) is 7.94. The molecule has 0 bridgehead atoms. The highest BCUT2D eigenvalue weighted by Gasteiger charge is 1.92. The second kappa shape index (κ2) is 4.94. The number of aromatic amines is 1. The molecule has 0 unspecified atom stereocenters. The van der Waals surface area contributed by atoms with E-state index in [0.29, 0.717) is 0 Å². The fraction of sp³-hybridized carbons (Fsp3) is 0.667. The van der Waals surface area contributed by atoms with Gasteiger partial charge in [-0.15, -0.1) is 0 Å². The van der Waals surface area contributed by atoms with Gasteiger partial charge in [0.1, 0.15) is 0 Å². The predicted molar refractivity (Wildman–Crippen MR) is 46.4 cm³/mol.